The Bertz CT molecular complexity index is 993. The number of anilines is 1. The number of nitrogens with one attached hydrogen (secondary N) is 1. The summed E-state index contributed by atoms with van der Waals surface area (Å²) in [5, 5.41) is 2.75. The third kappa shape index (κ3) is 6.51. The molecule has 0 aliphatic heterocycles. The zero-order chi connectivity index (χ0) is 23.7. The van der Waals surface area contributed by atoms with Crippen LogP contribution in [0, 0.1) is 0 Å². The summed E-state index contributed by atoms with van der Waals surface area (Å²) in [5.41, 5.74) is 0.339. The molecule has 2 aromatic carbocycles. The molecule has 0 saturated carbocycles. The fourth-order valence-corrected chi connectivity index (χ4v) is 4.34. The zero-order valence-electron chi connectivity index (χ0n) is 19.1. The summed E-state index contributed by atoms with van der Waals surface area (Å²) in [6.45, 7) is 3.01. The van der Waals surface area contributed by atoms with Gasteiger partial charge in [-0.25, -0.2) is 8.42 Å². The smallest absolute Gasteiger partial charge is 0.264 e. The van der Waals surface area contributed by atoms with E-state index in [4.69, 9.17) is 14.2 Å². The van der Waals surface area contributed by atoms with Crippen LogP contribution in [0.5, 0.6) is 17.2 Å². The van der Waals surface area contributed by atoms with Gasteiger partial charge in [0.2, 0.25) is 5.91 Å². The van der Waals surface area contributed by atoms with E-state index >= 15 is 0 Å². The van der Waals surface area contributed by atoms with Gasteiger partial charge in [0.25, 0.3) is 10.0 Å². The van der Waals surface area contributed by atoms with Gasteiger partial charge in [0.1, 0.15) is 12.3 Å². The molecule has 9 nitrogen and oxygen atoms in total. The molecule has 10 heteroatoms. The normalized spacial score (nSPS) is 11.2. The van der Waals surface area contributed by atoms with E-state index in [9.17, 15) is 13.2 Å². The molecule has 0 aliphatic carbocycles. The van der Waals surface area contributed by atoms with Crippen molar-refractivity contribution in [2.75, 3.05) is 58.9 Å². The van der Waals surface area contributed by atoms with Crippen LogP contribution < -0.4 is 23.8 Å². The van der Waals surface area contributed by atoms with E-state index < -0.39 is 15.9 Å². The lowest BCUT2D eigenvalue weighted by molar-refractivity contribution is -0.119. The molecule has 2 rings (SSSR count). The molecule has 0 fully saturated rings. The molecule has 0 radical (unpaired) electrons. The van der Waals surface area contributed by atoms with Gasteiger partial charge in [0, 0.05) is 19.2 Å². The Hall–Kier alpha value is -2.98. The number of amides is 1. The fourth-order valence-electron chi connectivity index (χ4n) is 2.90. The van der Waals surface area contributed by atoms with Crippen LogP contribution >= 0.6 is 0 Å². The summed E-state index contributed by atoms with van der Waals surface area (Å²) in [4.78, 5) is 14.5. The van der Waals surface area contributed by atoms with Crippen molar-refractivity contribution >= 4 is 21.6 Å². The van der Waals surface area contributed by atoms with Crippen molar-refractivity contribution in [3.05, 3.63) is 42.5 Å². The van der Waals surface area contributed by atoms with Crippen molar-refractivity contribution in [1.29, 1.82) is 0 Å². The van der Waals surface area contributed by atoms with Crippen LogP contribution in [0.15, 0.2) is 47.4 Å². The van der Waals surface area contributed by atoms with Crippen LogP contribution in [0.1, 0.15) is 6.92 Å². The monoisotopic (exact) mass is 465 g/mol. The van der Waals surface area contributed by atoms with E-state index in [1.807, 2.05) is 25.9 Å². The predicted molar refractivity (Wildman–Crippen MR) is 123 cm³/mol. The van der Waals surface area contributed by atoms with Gasteiger partial charge in [-0.05, 0) is 57.4 Å². The summed E-state index contributed by atoms with van der Waals surface area (Å²) in [5.74, 6) is 0.871. The maximum atomic E-state index is 13.5. The summed E-state index contributed by atoms with van der Waals surface area (Å²) in [6.07, 6.45) is 0. The Balaban J connectivity index is 2.41. The van der Waals surface area contributed by atoms with E-state index in [-0.39, 0.29) is 17.2 Å². The van der Waals surface area contributed by atoms with Crippen LogP contribution in [0.25, 0.3) is 0 Å². The van der Waals surface area contributed by atoms with Gasteiger partial charge < -0.3 is 24.4 Å². The van der Waals surface area contributed by atoms with Crippen LogP contribution in [0.2, 0.25) is 0 Å². The molecule has 0 saturated heterocycles. The van der Waals surface area contributed by atoms with E-state index in [1.165, 1.54) is 32.4 Å². The van der Waals surface area contributed by atoms with Crippen molar-refractivity contribution in [1.82, 2.24) is 10.2 Å². The first-order chi connectivity index (χ1) is 15.2. The number of hydrogen-bond acceptors (Lipinski definition) is 7. The standard InChI is InChI=1S/C22H31N3O6S/c1-6-31-18-9-7-17(8-10-18)25(16-22(26)23-13-14-24(2)3)32(27,28)19-11-12-20(29-4)21(15-19)30-5/h7-12,15H,6,13-14,16H2,1-5H3,(H,23,26). The maximum absolute atomic E-state index is 13.5. The zero-order valence-corrected chi connectivity index (χ0v) is 19.9. The van der Waals surface area contributed by atoms with Crippen molar-refractivity contribution in [3.63, 3.8) is 0 Å². The molecule has 0 unspecified atom stereocenters. The lowest BCUT2D eigenvalue weighted by Crippen LogP contribution is -2.42. The molecule has 0 atom stereocenters. The van der Waals surface area contributed by atoms with Crippen LogP contribution in [-0.4, -0.2) is 73.8 Å². The highest BCUT2D eigenvalue weighted by atomic mass is 32.2. The molecule has 0 bridgehead atoms. The summed E-state index contributed by atoms with van der Waals surface area (Å²) >= 11 is 0. The SMILES string of the molecule is CCOc1ccc(N(CC(=O)NCCN(C)C)S(=O)(=O)c2ccc(OC)c(OC)c2)cc1. The van der Waals surface area contributed by atoms with Crippen LogP contribution in [0.4, 0.5) is 5.69 Å². The molecule has 0 aliphatic rings. The second-order valence-corrected chi connectivity index (χ2v) is 8.97. The van der Waals surface area contributed by atoms with E-state index in [1.54, 1.807) is 24.3 Å². The topological polar surface area (TPSA) is 97.4 Å². The average Bonchev–Trinajstić information content (AvgIpc) is 2.77. The fraction of sp³-hybridized carbons (Fsp3) is 0.409. The average molecular weight is 466 g/mol. The Kier molecular flexibility index (Phi) is 9.15. The van der Waals surface area contributed by atoms with E-state index in [0.29, 0.717) is 36.9 Å². The Morgan fingerprint density at radius 1 is 1.00 bits per heavy atom. The molecule has 2 aromatic rings. The highest BCUT2D eigenvalue weighted by molar-refractivity contribution is 7.92. The van der Waals surface area contributed by atoms with Crippen molar-refractivity contribution < 1.29 is 27.4 Å². The number of likely N-dealkylation sites (N-methyl/N-ethyl adjacent to an activating group) is 1. The highest BCUT2D eigenvalue weighted by Crippen LogP contribution is 2.32. The van der Waals surface area contributed by atoms with Gasteiger partial charge in [-0.2, -0.15) is 0 Å². The molecule has 0 aromatic heterocycles. The molecule has 1 amide bonds. The minimum atomic E-state index is -4.09. The molecular formula is C22H31N3O6S. The summed E-state index contributed by atoms with van der Waals surface area (Å²) < 4.78 is 44.0. The molecule has 0 spiro atoms. The molecular weight excluding hydrogens is 434 g/mol. The Morgan fingerprint density at radius 3 is 2.22 bits per heavy atom. The second-order valence-electron chi connectivity index (χ2n) is 7.11. The molecule has 176 valence electrons. The van der Waals surface area contributed by atoms with Gasteiger partial charge >= 0.3 is 0 Å². The lowest BCUT2D eigenvalue weighted by atomic mass is 10.3. The number of methoxy groups -OCH3 is 2. The minimum Gasteiger partial charge on any atom is -0.494 e. The summed E-state index contributed by atoms with van der Waals surface area (Å²) in [7, 11) is 2.59. The first-order valence-corrected chi connectivity index (χ1v) is 11.6. The number of carbonyl (C=O) groups is 1. The Morgan fingerprint density at radius 2 is 1.66 bits per heavy atom. The molecule has 32 heavy (non-hydrogen) atoms. The second kappa shape index (κ2) is 11.6. The Labute approximate surface area is 189 Å². The number of ether oxygens (including phenoxy) is 3. The number of nitrogens with zero attached hydrogens (tertiary/aromatic N) is 2. The van der Waals surface area contributed by atoms with E-state index in [0.717, 1.165) is 4.31 Å². The van der Waals surface area contributed by atoms with Crippen LogP contribution in [0.3, 0.4) is 0 Å². The molecule has 0 heterocycles. The van der Waals surface area contributed by atoms with Gasteiger partial charge in [0.15, 0.2) is 11.5 Å². The van der Waals surface area contributed by atoms with Gasteiger partial charge in [-0.15, -0.1) is 0 Å². The van der Waals surface area contributed by atoms with Gasteiger partial charge in [-0.3, -0.25) is 9.10 Å². The van der Waals surface area contributed by atoms with Gasteiger partial charge in [-0.1, -0.05) is 0 Å². The number of benzene rings is 2. The summed E-state index contributed by atoms with van der Waals surface area (Å²) in [6, 6.07) is 10.9. The number of hydrogen-bond donors (Lipinski definition) is 1. The van der Waals surface area contributed by atoms with Gasteiger partial charge in [0.05, 0.1) is 31.4 Å². The first kappa shape index (κ1) is 25.3. The van der Waals surface area contributed by atoms with Crippen LogP contribution in [-0.2, 0) is 14.8 Å². The van der Waals surface area contributed by atoms with Crippen molar-refractivity contribution in [2.45, 2.75) is 11.8 Å². The van der Waals surface area contributed by atoms with Crippen molar-refractivity contribution in [3.8, 4) is 17.2 Å². The number of carbonyl (C=O) groups excluding carboxylic acids is 1. The largest absolute Gasteiger partial charge is 0.494 e. The minimum absolute atomic E-state index is 0.0230. The number of rotatable bonds is 12. The third-order valence-electron chi connectivity index (χ3n) is 4.55. The predicted octanol–water partition coefficient (Wildman–Crippen LogP) is 1.98. The van der Waals surface area contributed by atoms with Crippen molar-refractivity contribution in [2.24, 2.45) is 0 Å². The maximum Gasteiger partial charge on any atom is 0.264 e. The third-order valence-corrected chi connectivity index (χ3v) is 6.32. The number of sulfonamides is 1. The van der Waals surface area contributed by atoms with E-state index in [2.05, 4.69) is 5.32 Å². The lowest BCUT2D eigenvalue weighted by Gasteiger charge is -2.25. The molecule has 1 N–H and O–H groups in total. The quantitative estimate of drug-likeness (QED) is 0.512. The highest BCUT2D eigenvalue weighted by Gasteiger charge is 2.28. The first-order valence-electron chi connectivity index (χ1n) is 10.1.